The number of unbranched alkanes of at least 4 members (excludes halogenated alkanes) is 10. The number of rotatable bonds is 14. The normalized spacial score (nSPS) is 16.2. The smallest absolute Gasteiger partial charge is 0.150 e. The van der Waals surface area contributed by atoms with E-state index in [1.54, 1.807) is 5.37 Å². The van der Waals surface area contributed by atoms with Crippen molar-refractivity contribution in [1.82, 2.24) is 5.43 Å². The fraction of sp³-hybridized carbons (Fsp3) is 0.652. The molecule has 0 saturated heterocycles. The number of hydrazone groups is 1. The minimum atomic E-state index is -0.0636. The number of hydrogen-bond acceptors (Lipinski definition) is 5. The van der Waals surface area contributed by atoms with Gasteiger partial charge in [-0.2, -0.15) is 5.10 Å². The molecule has 2 rings (SSSR count). The minimum absolute atomic E-state index is 0.0636. The Morgan fingerprint density at radius 2 is 1.64 bits per heavy atom. The third-order valence-corrected chi connectivity index (χ3v) is 6.02. The Morgan fingerprint density at radius 3 is 2.21 bits per heavy atom. The Kier molecular flexibility index (Phi) is 10.9. The van der Waals surface area contributed by atoms with Gasteiger partial charge in [-0.15, -0.1) is 12.6 Å². The summed E-state index contributed by atoms with van der Waals surface area (Å²) in [6.07, 6.45) is 15.8. The van der Waals surface area contributed by atoms with Crippen LogP contribution in [-0.2, 0) is 0 Å². The van der Waals surface area contributed by atoms with Gasteiger partial charge in [0.1, 0.15) is 12.0 Å². The number of thiol groups is 1. The zero-order valence-corrected chi connectivity index (χ0v) is 19.3. The molecule has 1 aliphatic rings. The van der Waals surface area contributed by atoms with Crippen LogP contribution in [0.5, 0.6) is 0 Å². The lowest BCUT2D eigenvalue weighted by atomic mass is 10.0. The van der Waals surface area contributed by atoms with Crippen molar-refractivity contribution in [2.45, 2.75) is 102 Å². The first-order chi connectivity index (χ1) is 13.7. The lowest BCUT2D eigenvalue weighted by Crippen LogP contribution is -2.41. The molecule has 0 bridgehead atoms. The van der Waals surface area contributed by atoms with Gasteiger partial charge in [0.2, 0.25) is 0 Å². The Morgan fingerprint density at radius 1 is 1.04 bits per heavy atom. The average Bonchev–Trinajstić information content (AvgIpc) is 3.09. The molecule has 1 aromatic carbocycles. The molecule has 0 aromatic heterocycles. The first-order valence-electron chi connectivity index (χ1n) is 11.0. The number of nitrogens with one attached hydrogen (secondary N) is 1. The van der Waals surface area contributed by atoms with Crippen molar-refractivity contribution in [1.29, 1.82) is 0 Å². The van der Waals surface area contributed by atoms with Crippen molar-refractivity contribution >= 4 is 41.7 Å². The van der Waals surface area contributed by atoms with Gasteiger partial charge in [-0.3, -0.25) is 5.43 Å². The third-order valence-electron chi connectivity index (χ3n) is 5.41. The van der Waals surface area contributed by atoms with Crippen LogP contribution in [-0.4, -0.2) is 17.4 Å². The molecule has 0 aliphatic carbocycles. The maximum atomic E-state index is 5.21. The molecule has 0 saturated carbocycles. The predicted octanol–water partition coefficient (Wildman–Crippen LogP) is 7.03. The van der Waals surface area contributed by atoms with E-state index in [0.717, 1.165) is 22.8 Å². The van der Waals surface area contributed by atoms with Gasteiger partial charge < -0.3 is 4.90 Å². The monoisotopic (exact) mass is 419 g/mol. The van der Waals surface area contributed by atoms with Crippen LogP contribution in [0.25, 0.3) is 0 Å². The molecule has 1 unspecified atom stereocenters. The van der Waals surface area contributed by atoms with Crippen LogP contribution >= 0.6 is 24.8 Å². The van der Waals surface area contributed by atoms with Crippen LogP contribution in [0.3, 0.4) is 0 Å². The van der Waals surface area contributed by atoms with Gasteiger partial charge in [-0.1, -0.05) is 89.4 Å². The number of hydrogen-bond donors (Lipinski definition) is 2. The van der Waals surface area contributed by atoms with E-state index in [-0.39, 0.29) is 6.17 Å². The Labute approximate surface area is 182 Å². The highest BCUT2D eigenvalue weighted by Gasteiger charge is 2.28. The zero-order valence-electron chi connectivity index (χ0n) is 17.6. The second-order valence-corrected chi connectivity index (χ2v) is 8.64. The topological polar surface area (TPSA) is 27.6 Å². The second-order valence-electron chi connectivity index (χ2n) is 7.89. The lowest BCUT2D eigenvalue weighted by molar-refractivity contribution is 0.551. The van der Waals surface area contributed by atoms with Crippen LogP contribution in [0.2, 0.25) is 0 Å². The summed E-state index contributed by atoms with van der Waals surface area (Å²) in [6, 6.07) is 6.33. The summed E-state index contributed by atoms with van der Waals surface area (Å²) in [7, 11) is 0. The largest absolute Gasteiger partial charge is 0.301 e. The predicted molar refractivity (Wildman–Crippen MR) is 130 cm³/mol. The molecule has 1 aliphatic heterocycles. The average molecular weight is 420 g/mol. The number of amidine groups is 1. The van der Waals surface area contributed by atoms with Gasteiger partial charge in [0.25, 0.3) is 0 Å². The van der Waals surface area contributed by atoms with Crippen molar-refractivity contribution < 1.29 is 0 Å². The molecule has 28 heavy (non-hydrogen) atoms. The number of aryl methyl sites for hydroxylation is 1. The summed E-state index contributed by atoms with van der Waals surface area (Å²) in [5, 5.41) is 6.29. The number of benzene rings is 1. The van der Waals surface area contributed by atoms with E-state index in [2.05, 4.69) is 60.1 Å². The maximum Gasteiger partial charge on any atom is 0.150 e. The van der Waals surface area contributed by atoms with Gasteiger partial charge in [-0.05, 0) is 31.0 Å². The van der Waals surface area contributed by atoms with E-state index in [0.29, 0.717) is 0 Å². The molecule has 1 aromatic rings. The molecule has 0 fully saturated rings. The molecule has 0 amide bonds. The number of nitrogens with zero attached hydrogens (tertiary/aromatic N) is 2. The van der Waals surface area contributed by atoms with Crippen molar-refractivity contribution in [3.8, 4) is 0 Å². The molecule has 156 valence electrons. The van der Waals surface area contributed by atoms with Crippen LogP contribution in [0.1, 0.15) is 89.5 Å². The fourth-order valence-corrected chi connectivity index (χ4v) is 4.32. The molecule has 1 heterocycles. The van der Waals surface area contributed by atoms with E-state index < -0.39 is 0 Å². The summed E-state index contributed by atoms with van der Waals surface area (Å²) in [4.78, 5) is 3.17. The molecule has 5 heteroatoms. The number of thiocarbonyl (C=S) groups is 1. The Balaban J connectivity index is 1.69. The van der Waals surface area contributed by atoms with Crippen molar-refractivity contribution in [2.75, 3.05) is 4.90 Å². The molecule has 3 nitrogen and oxygen atoms in total. The van der Waals surface area contributed by atoms with Gasteiger partial charge in [0, 0.05) is 16.7 Å². The van der Waals surface area contributed by atoms with Crippen LogP contribution in [0.15, 0.2) is 28.2 Å². The van der Waals surface area contributed by atoms with E-state index in [9.17, 15) is 0 Å². The quantitative estimate of drug-likeness (QED) is 0.192. The van der Waals surface area contributed by atoms with Crippen molar-refractivity contribution in [2.24, 2.45) is 5.10 Å². The summed E-state index contributed by atoms with van der Waals surface area (Å²) in [5.74, 6) is 1.07. The second kappa shape index (κ2) is 13.2. The third kappa shape index (κ3) is 7.40. The highest BCUT2D eigenvalue weighted by atomic mass is 32.1. The van der Waals surface area contributed by atoms with Gasteiger partial charge >= 0.3 is 0 Å². The molecule has 0 spiro atoms. The van der Waals surface area contributed by atoms with E-state index in [4.69, 9.17) is 12.2 Å². The van der Waals surface area contributed by atoms with E-state index in [1.165, 1.54) is 76.2 Å². The van der Waals surface area contributed by atoms with E-state index >= 15 is 0 Å². The molecule has 1 N–H and O–H groups in total. The highest BCUT2D eigenvalue weighted by Crippen LogP contribution is 2.29. The van der Waals surface area contributed by atoms with Gasteiger partial charge in [0.05, 0.1) is 5.69 Å². The zero-order chi connectivity index (χ0) is 20.2. The molecule has 0 radical (unpaired) electrons. The molecular weight excluding hydrogens is 382 g/mol. The van der Waals surface area contributed by atoms with Crippen molar-refractivity contribution in [3.63, 3.8) is 0 Å². The van der Waals surface area contributed by atoms with Crippen LogP contribution < -0.4 is 10.3 Å². The maximum absolute atomic E-state index is 5.21. The summed E-state index contributed by atoms with van der Waals surface area (Å²) < 4.78 is 0. The van der Waals surface area contributed by atoms with Crippen molar-refractivity contribution in [3.05, 3.63) is 23.8 Å². The fourth-order valence-electron chi connectivity index (χ4n) is 3.75. The number of anilines is 1. The molecular formula is C23H37N3S2. The lowest BCUT2D eigenvalue weighted by Gasteiger charge is -2.26. The standard InChI is InChI=1S/C23H37N3S2/c1-3-4-5-6-7-8-9-10-11-12-13-14-22-24-25-23(18-27)26(22)20-16-15-19(2)17-21(20)28/h15-18,23,25,28H,3-14H2,1-2H3. The summed E-state index contributed by atoms with van der Waals surface area (Å²) in [5.41, 5.74) is 5.44. The molecule has 1 atom stereocenters. The van der Waals surface area contributed by atoms with E-state index in [1.807, 2.05) is 0 Å². The Hall–Kier alpha value is -1.07. The first-order valence-corrected chi connectivity index (χ1v) is 12.0. The van der Waals surface area contributed by atoms with Crippen LogP contribution in [0, 0.1) is 6.92 Å². The SMILES string of the molecule is CCCCCCCCCCCCCC1=NNC(C=S)N1c1ccc(C)cc1S. The highest BCUT2D eigenvalue weighted by molar-refractivity contribution is 7.80. The van der Waals surface area contributed by atoms with Crippen LogP contribution in [0.4, 0.5) is 5.69 Å². The summed E-state index contributed by atoms with van der Waals surface area (Å²) >= 11 is 9.89. The van der Waals surface area contributed by atoms with Gasteiger partial charge in [0.15, 0.2) is 0 Å². The Bertz CT molecular complexity index is 630. The van der Waals surface area contributed by atoms with Gasteiger partial charge in [-0.25, -0.2) is 0 Å². The summed E-state index contributed by atoms with van der Waals surface area (Å²) in [6.45, 7) is 4.36. The first kappa shape index (κ1) is 23.2. The minimum Gasteiger partial charge on any atom is -0.301 e.